The normalized spacial score (nSPS) is 14.9. The van der Waals surface area contributed by atoms with Crippen LogP contribution in [0.3, 0.4) is 0 Å². The minimum Gasteiger partial charge on any atom is -0.748 e. The molecule has 2 unspecified atom stereocenters. The van der Waals surface area contributed by atoms with Gasteiger partial charge in [0, 0.05) is 0 Å². The van der Waals surface area contributed by atoms with Gasteiger partial charge in [0.25, 0.3) is 0 Å². The summed E-state index contributed by atoms with van der Waals surface area (Å²) >= 11 is 0. The van der Waals surface area contributed by atoms with E-state index in [2.05, 4.69) is 0 Å². The Morgan fingerprint density at radius 1 is 0.944 bits per heavy atom. The average molecular weight is 314 g/mol. The van der Waals surface area contributed by atoms with Crippen LogP contribution in [0.1, 0.15) is 38.5 Å². The Kier molecular flexibility index (Phi) is 14.5. The zero-order valence-electron chi connectivity index (χ0n) is 10.6. The van der Waals surface area contributed by atoms with Gasteiger partial charge in [-0.25, -0.2) is 17.2 Å². The Hall–Kier alpha value is 1.34. The van der Waals surface area contributed by atoms with Gasteiger partial charge in [-0.15, -0.1) is 0 Å². The van der Waals surface area contributed by atoms with E-state index in [1.165, 1.54) is 0 Å². The SMILES string of the molecule is O=S(=O)([O-])CC(F)C(F)CCCCCCCF.[K+]. The fraction of sp³-hybridized carbons (Fsp3) is 1.00. The number of hydrogen-bond donors (Lipinski definition) is 0. The minimum atomic E-state index is -4.72. The van der Waals surface area contributed by atoms with E-state index < -0.39 is 28.2 Å². The molecule has 18 heavy (non-hydrogen) atoms. The summed E-state index contributed by atoms with van der Waals surface area (Å²) in [6, 6.07) is 0. The molecule has 3 nitrogen and oxygen atoms in total. The maximum Gasteiger partial charge on any atom is 1.00 e. The third-order valence-electron chi connectivity index (χ3n) is 2.37. The smallest absolute Gasteiger partial charge is 0.748 e. The number of alkyl halides is 3. The van der Waals surface area contributed by atoms with Crippen molar-refractivity contribution >= 4 is 10.1 Å². The van der Waals surface area contributed by atoms with E-state index >= 15 is 0 Å². The fourth-order valence-electron chi connectivity index (χ4n) is 1.44. The molecular formula is C10H18F3KO3S. The summed E-state index contributed by atoms with van der Waals surface area (Å²) in [5, 5.41) is 0. The molecule has 0 aromatic heterocycles. The zero-order valence-corrected chi connectivity index (χ0v) is 14.5. The van der Waals surface area contributed by atoms with Crippen molar-refractivity contribution in [1.29, 1.82) is 0 Å². The molecule has 0 fully saturated rings. The van der Waals surface area contributed by atoms with Crippen molar-refractivity contribution in [3.63, 3.8) is 0 Å². The summed E-state index contributed by atoms with van der Waals surface area (Å²) in [4.78, 5) is 0. The Balaban J connectivity index is 0. The molecule has 0 saturated carbocycles. The molecule has 0 saturated heterocycles. The van der Waals surface area contributed by atoms with E-state index in [0.29, 0.717) is 25.7 Å². The Morgan fingerprint density at radius 3 is 1.94 bits per heavy atom. The van der Waals surface area contributed by atoms with Gasteiger partial charge < -0.3 is 4.55 Å². The molecule has 0 aromatic rings. The van der Waals surface area contributed by atoms with Crippen LogP contribution in [-0.2, 0) is 10.1 Å². The van der Waals surface area contributed by atoms with Crippen molar-refractivity contribution in [1.82, 2.24) is 0 Å². The summed E-state index contributed by atoms with van der Waals surface area (Å²) in [6.07, 6.45) is -1.28. The van der Waals surface area contributed by atoms with Crippen LogP contribution in [0.2, 0.25) is 0 Å². The monoisotopic (exact) mass is 314 g/mol. The van der Waals surface area contributed by atoms with Crippen molar-refractivity contribution < 1.29 is 77.5 Å². The van der Waals surface area contributed by atoms with Gasteiger partial charge in [-0.3, -0.25) is 4.39 Å². The van der Waals surface area contributed by atoms with Crippen LogP contribution in [0.15, 0.2) is 0 Å². The summed E-state index contributed by atoms with van der Waals surface area (Å²) in [5.41, 5.74) is 0. The van der Waals surface area contributed by atoms with Crippen molar-refractivity contribution in [2.45, 2.75) is 50.9 Å². The van der Waals surface area contributed by atoms with Gasteiger partial charge in [0.15, 0.2) is 0 Å². The third-order valence-corrected chi connectivity index (χ3v) is 3.10. The summed E-state index contributed by atoms with van der Waals surface area (Å²) in [7, 11) is -4.72. The average Bonchev–Trinajstić information content (AvgIpc) is 2.20. The van der Waals surface area contributed by atoms with Crippen molar-refractivity contribution in [2.24, 2.45) is 0 Å². The molecule has 0 heterocycles. The van der Waals surface area contributed by atoms with Gasteiger partial charge in [-0.05, 0) is 12.8 Å². The maximum atomic E-state index is 13.1. The first-order chi connectivity index (χ1) is 7.87. The van der Waals surface area contributed by atoms with E-state index in [1.807, 2.05) is 0 Å². The molecule has 0 amide bonds. The number of rotatable bonds is 10. The summed E-state index contributed by atoms with van der Waals surface area (Å²) in [6.45, 7) is -0.375. The molecule has 0 aliphatic rings. The van der Waals surface area contributed by atoms with Crippen molar-refractivity contribution in [3.05, 3.63) is 0 Å². The molecule has 0 aliphatic carbocycles. The topological polar surface area (TPSA) is 57.2 Å². The van der Waals surface area contributed by atoms with Crippen LogP contribution in [0.5, 0.6) is 0 Å². The molecule has 2 atom stereocenters. The molecule has 0 N–H and O–H groups in total. The maximum absolute atomic E-state index is 13.1. The van der Waals surface area contributed by atoms with Gasteiger partial charge in [-0.2, -0.15) is 0 Å². The van der Waals surface area contributed by atoms with E-state index in [9.17, 15) is 26.1 Å². The Bertz CT molecular complexity index is 288. The van der Waals surface area contributed by atoms with Gasteiger partial charge in [-0.1, -0.05) is 25.7 Å². The minimum absolute atomic E-state index is 0. The molecule has 0 spiro atoms. The second-order valence-corrected chi connectivity index (χ2v) is 5.45. The summed E-state index contributed by atoms with van der Waals surface area (Å²) < 4.78 is 68.3. The van der Waals surface area contributed by atoms with Crippen LogP contribution in [0.25, 0.3) is 0 Å². The largest absolute Gasteiger partial charge is 1.00 e. The molecule has 8 heteroatoms. The van der Waals surface area contributed by atoms with Gasteiger partial charge >= 0.3 is 51.4 Å². The van der Waals surface area contributed by atoms with Gasteiger partial charge in [0.05, 0.1) is 22.5 Å². The zero-order chi connectivity index (χ0) is 13.3. The van der Waals surface area contributed by atoms with E-state index in [1.54, 1.807) is 0 Å². The molecular weight excluding hydrogens is 296 g/mol. The Labute approximate surface area is 149 Å². The van der Waals surface area contributed by atoms with E-state index in [0.717, 1.165) is 6.42 Å². The first kappa shape index (κ1) is 21.6. The summed E-state index contributed by atoms with van der Waals surface area (Å²) in [5.74, 6) is -1.31. The van der Waals surface area contributed by atoms with E-state index in [4.69, 9.17) is 0 Å². The first-order valence-corrected chi connectivity index (χ1v) is 7.22. The molecule has 0 radical (unpaired) electrons. The number of halogens is 3. The van der Waals surface area contributed by atoms with Crippen LogP contribution >= 0.6 is 0 Å². The predicted molar refractivity (Wildman–Crippen MR) is 58.0 cm³/mol. The van der Waals surface area contributed by atoms with Crippen molar-refractivity contribution in [3.8, 4) is 0 Å². The van der Waals surface area contributed by atoms with Crippen LogP contribution in [-0.4, -0.2) is 37.7 Å². The first-order valence-electron chi connectivity index (χ1n) is 5.64. The van der Waals surface area contributed by atoms with Crippen LogP contribution in [0, 0.1) is 0 Å². The third kappa shape index (κ3) is 13.8. The molecule has 0 rings (SSSR count). The fourth-order valence-corrected chi connectivity index (χ4v) is 2.04. The van der Waals surface area contributed by atoms with Gasteiger partial charge in [0.1, 0.15) is 12.3 Å². The number of hydrogen-bond acceptors (Lipinski definition) is 3. The molecule has 104 valence electrons. The predicted octanol–water partition coefficient (Wildman–Crippen LogP) is -0.478. The Morgan fingerprint density at radius 2 is 1.44 bits per heavy atom. The molecule has 0 bridgehead atoms. The molecule has 0 aliphatic heterocycles. The van der Waals surface area contributed by atoms with Crippen LogP contribution < -0.4 is 51.4 Å². The second-order valence-electron chi connectivity index (χ2n) is 4.00. The van der Waals surface area contributed by atoms with Gasteiger partial charge in [0.2, 0.25) is 0 Å². The number of unbranched alkanes of at least 4 members (excludes halogenated alkanes) is 4. The quantitative estimate of drug-likeness (QED) is 0.311. The standard InChI is InChI=1S/C10H19F3O3S.K/c11-7-5-3-1-2-4-6-9(12)10(13)8-17(14,15)16;/h9-10H,1-8H2,(H,14,15,16);/q;+1/p-1. The molecule has 0 aromatic carbocycles. The van der Waals surface area contributed by atoms with E-state index in [-0.39, 0.29) is 64.5 Å². The second kappa shape index (κ2) is 12.1. The van der Waals surface area contributed by atoms with Crippen molar-refractivity contribution in [2.75, 3.05) is 12.4 Å². The van der Waals surface area contributed by atoms with Crippen LogP contribution in [0.4, 0.5) is 13.2 Å².